The number of ether oxygens (including phenoxy) is 1. The number of nitrogens with zero attached hydrogens (tertiary/aromatic N) is 1. The van der Waals surface area contributed by atoms with Gasteiger partial charge in [0.15, 0.2) is 0 Å². The summed E-state index contributed by atoms with van der Waals surface area (Å²) in [4.78, 5) is 10.9. The zero-order valence-corrected chi connectivity index (χ0v) is 11.2. The van der Waals surface area contributed by atoms with Crippen molar-refractivity contribution in [1.29, 1.82) is 5.26 Å². The van der Waals surface area contributed by atoms with Crippen LogP contribution in [0.25, 0.3) is 0 Å². The monoisotopic (exact) mass is 265 g/mol. The second kappa shape index (κ2) is 6.92. The Morgan fingerprint density at radius 1 is 1.61 bits per heavy atom. The molecule has 4 nitrogen and oxygen atoms in total. The van der Waals surface area contributed by atoms with Crippen molar-refractivity contribution in [3.63, 3.8) is 0 Å². The molecule has 0 fully saturated rings. The van der Waals surface area contributed by atoms with Gasteiger partial charge in [-0.25, -0.2) is 0 Å². The predicted octanol–water partition coefficient (Wildman–Crippen LogP) is 2.66. The van der Waals surface area contributed by atoms with Crippen molar-refractivity contribution in [2.75, 3.05) is 7.11 Å². The van der Waals surface area contributed by atoms with Crippen molar-refractivity contribution in [3.8, 4) is 11.8 Å². The van der Waals surface area contributed by atoms with E-state index in [-0.39, 0.29) is 0 Å². The largest absolute Gasteiger partial charge is 0.495 e. The van der Waals surface area contributed by atoms with Gasteiger partial charge >= 0.3 is 5.97 Å². The van der Waals surface area contributed by atoms with Crippen LogP contribution in [-0.2, 0) is 10.5 Å². The van der Waals surface area contributed by atoms with Crippen molar-refractivity contribution >= 4 is 17.7 Å². The number of carbonyl (C=O) groups is 1. The van der Waals surface area contributed by atoms with Crippen LogP contribution in [0.3, 0.4) is 0 Å². The van der Waals surface area contributed by atoms with E-state index in [9.17, 15) is 4.79 Å². The second-order valence-corrected chi connectivity index (χ2v) is 4.88. The van der Waals surface area contributed by atoms with E-state index < -0.39 is 11.2 Å². The van der Waals surface area contributed by atoms with Crippen LogP contribution in [0, 0.1) is 11.3 Å². The highest BCUT2D eigenvalue weighted by molar-refractivity contribution is 7.99. The molecule has 1 rings (SSSR count). The molecule has 1 atom stereocenters. The normalized spacial score (nSPS) is 11.6. The number of carboxylic acid groups (broad SMARTS) is 1. The van der Waals surface area contributed by atoms with Gasteiger partial charge in [-0.1, -0.05) is 13.0 Å². The number of methoxy groups -OCH3 is 1. The maximum atomic E-state index is 10.9. The fourth-order valence-electron chi connectivity index (χ4n) is 1.49. The number of thioether (sulfide) groups is 1. The highest BCUT2D eigenvalue weighted by Crippen LogP contribution is 2.24. The first-order valence-corrected chi connectivity index (χ1v) is 6.58. The minimum Gasteiger partial charge on any atom is -0.495 e. The molecular formula is C13H15NO3S. The van der Waals surface area contributed by atoms with Crippen LogP contribution in [0.15, 0.2) is 18.2 Å². The highest BCUT2D eigenvalue weighted by Gasteiger charge is 2.15. The van der Waals surface area contributed by atoms with Crippen LogP contribution in [-0.4, -0.2) is 23.4 Å². The number of carboxylic acids is 1. The van der Waals surface area contributed by atoms with Crippen LogP contribution in [0.4, 0.5) is 0 Å². The Morgan fingerprint density at radius 2 is 2.33 bits per heavy atom. The topological polar surface area (TPSA) is 70.3 Å². The van der Waals surface area contributed by atoms with Crippen molar-refractivity contribution in [2.45, 2.75) is 24.3 Å². The first-order chi connectivity index (χ1) is 8.62. The lowest BCUT2D eigenvalue weighted by Gasteiger charge is -2.10. The van der Waals surface area contributed by atoms with Crippen LogP contribution in [0.5, 0.6) is 5.75 Å². The third-order valence-corrected chi connectivity index (χ3v) is 3.92. The van der Waals surface area contributed by atoms with Crippen molar-refractivity contribution in [3.05, 3.63) is 29.3 Å². The maximum Gasteiger partial charge on any atom is 0.316 e. The van der Waals surface area contributed by atoms with Gasteiger partial charge in [0.1, 0.15) is 17.1 Å². The molecule has 0 heterocycles. The Balaban J connectivity index is 2.74. The molecule has 0 saturated carbocycles. The minimum atomic E-state index is -0.795. The summed E-state index contributed by atoms with van der Waals surface area (Å²) >= 11 is 1.37. The number of aliphatic carboxylic acids is 1. The summed E-state index contributed by atoms with van der Waals surface area (Å²) in [6, 6.07) is 7.38. The molecule has 0 aliphatic heterocycles. The predicted molar refractivity (Wildman–Crippen MR) is 70.7 cm³/mol. The fraction of sp³-hybridized carbons (Fsp3) is 0.385. The molecule has 0 aliphatic rings. The first-order valence-electron chi connectivity index (χ1n) is 5.53. The van der Waals surface area contributed by atoms with Crippen molar-refractivity contribution in [2.24, 2.45) is 0 Å². The molecule has 0 saturated heterocycles. The van der Waals surface area contributed by atoms with E-state index in [1.165, 1.54) is 18.9 Å². The molecule has 1 unspecified atom stereocenters. The highest BCUT2D eigenvalue weighted by atomic mass is 32.2. The summed E-state index contributed by atoms with van der Waals surface area (Å²) in [6.07, 6.45) is 0.585. The molecule has 18 heavy (non-hydrogen) atoms. The molecule has 0 spiro atoms. The smallest absolute Gasteiger partial charge is 0.316 e. The van der Waals surface area contributed by atoms with Gasteiger partial charge in [0, 0.05) is 5.75 Å². The molecule has 5 heteroatoms. The molecule has 0 radical (unpaired) electrons. The number of hydrogen-bond donors (Lipinski definition) is 1. The number of nitriles is 1. The summed E-state index contributed by atoms with van der Waals surface area (Å²) in [5, 5.41) is 17.5. The molecule has 0 amide bonds. The van der Waals surface area contributed by atoms with E-state index in [4.69, 9.17) is 15.1 Å². The van der Waals surface area contributed by atoms with E-state index in [1.54, 1.807) is 12.1 Å². The minimum absolute atomic E-state index is 0.405. The van der Waals surface area contributed by atoms with Gasteiger partial charge in [0.05, 0.1) is 12.7 Å². The Hall–Kier alpha value is -1.67. The van der Waals surface area contributed by atoms with E-state index in [0.29, 0.717) is 23.5 Å². The summed E-state index contributed by atoms with van der Waals surface area (Å²) in [5.74, 6) is 0.316. The van der Waals surface area contributed by atoms with Gasteiger partial charge in [-0.15, -0.1) is 11.8 Å². The summed E-state index contributed by atoms with van der Waals surface area (Å²) in [5.41, 5.74) is 1.40. The van der Waals surface area contributed by atoms with E-state index >= 15 is 0 Å². The lowest BCUT2D eigenvalue weighted by molar-refractivity contribution is -0.136. The maximum absolute atomic E-state index is 10.9. The summed E-state index contributed by atoms with van der Waals surface area (Å²) < 4.78 is 5.05. The van der Waals surface area contributed by atoms with Gasteiger partial charge in [-0.2, -0.15) is 5.26 Å². The molecule has 1 aromatic carbocycles. The molecule has 0 aromatic heterocycles. The quantitative estimate of drug-likeness (QED) is 0.856. The van der Waals surface area contributed by atoms with Crippen LogP contribution in [0.1, 0.15) is 24.5 Å². The Kier molecular flexibility index (Phi) is 5.53. The van der Waals surface area contributed by atoms with Gasteiger partial charge < -0.3 is 9.84 Å². The molecule has 0 bridgehead atoms. The zero-order valence-electron chi connectivity index (χ0n) is 10.3. The van der Waals surface area contributed by atoms with Crippen molar-refractivity contribution in [1.82, 2.24) is 0 Å². The lowest BCUT2D eigenvalue weighted by atomic mass is 10.1. The van der Waals surface area contributed by atoms with E-state index in [1.807, 2.05) is 13.0 Å². The van der Waals surface area contributed by atoms with E-state index in [2.05, 4.69) is 6.07 Å². The Labute approximate surface area is 111 Å². The summed E-state index contributed by atoms with van der Waals surface area (Å²) in [7, 11) is 1.52. The zero-order chi connectivity index (χ0) is 13.5. The molecule has 0 aliphatic carbocycles. The van der Waals surface area contributed by atoms with Gasteiger partial charge in [0.2, 0.25) is 0 Å². The van der Waals surface area contributed by atoms with Gasteiger partial charge in [-0.05, 0) is 24.1 Å². The van der Waals surface area contributed by atoms with Gasteiger partial charge in [0.25, 0.3) is 0 Å². The molecule has 1 N–H and O–H groups in total. The second-order valence-electron chi connectivity index (χ2n) is 3.69. The SMILES string of the molecule is CCC(SCc1ccc(OC)c(C#N)c1)C(=O)O. The average molecular weight is 265 g/mol. The Morgan fingerprint density at radius 3 is 2.83 bits per heavy atom. The average Bonchev–Trinajstić information content (AvgIpc) is 2.38. The number of hydrogen-bond acceptors (Lipinski definition) is 4. The van der Waals surface area contributed by atoms with Crippen LogP contribution in [0.2, 0.25) is 0 Å². The van der Waals surface area contributed by atoms with Gasteiger partial charge in [-0.3, -0.25) is 4.79 Å². The first kappa shape index (κ1) is 14.4. The van der Waals surface area contributed by atoms with Crippen LogP contribution < -0.4 is 4.74 Å². The third kappa shape index (κ3) is 3.67. The molecular weight excluding hydrogens is 250 g/mol. The Bertz CT molecular complexity index is 468. The van der Waals surface area contributed by atoms with Crippen LogP contribution >= 0.6 is 11.8 Å². The fourth-order valence-corrected chi connectivity index (χ4v) is 2.44. The number of rotatable bonds is 6. The number of benzene rings is 1. The lowest BCUT2D eigenvalue weighted by Crippen LogP contribution is -2.15. The van der Waals surface area contributed by atoms with E-state index in [0.717, 1.165) is 5.56 Å². The molecule has 96 valence electrons. The van der Waals surface area contributed by atoms with Crippen molar-refractivity contribution < 1.29 is 14.6 Å². The third-order valence-electron chi connectivity index (χ3n) is 2.48. The summed E-state index contributed by atoms with van der Waals surface area (Å²) in [6.45, 7) is 1.85. The standard InChI is InChI=1S/C13H15NO3S/c1-3-12(13(15)16)18-8-9-4-5-11(17-2)10(6-9)7-14/h4-6,12H,3,8H2,1-2H3,(H,15,16). The molecule has 1 aromatic rings.